The van der Waals surface area contributed by atoms with Crippen LogP contribution >= 0.6 is 0 Å². The number of aliphatic hydroxyl groups excluding tert-OH is 1. The lowest BCUT2D eigenvalue weighted by Gasteiger charge is -2.35. The van der Waals surface area contributed by atoms with Crippen LogP contribution in [0.5, 0.6) is 0 Å². The molecule has 5 atom stereocenters. The molecule has 1 aliphatic carbocycles. The highest BCUT2D eigenvalue weighted by molar-refractivity contribution is 5.74. The third-order valence-electron chi connectivity index (χ3n) is 4.49. The van der Waals surface area contributed by atoms with Crippen molar-refractivity contribution in [1.29, 1.82) is 0 Å². The van der Waals surface area contributed by atoms with Gasteiger partial charge < -0.3 is 21.3 Å². The van der Waals surface area contributed by atoms with Gasteiger partial charge in [0.05, 0.1) is 12.0 Å². The topological polar surface area (TPSA) is 113 Å². The third-order valence-corrected chi connectivity index (χ3v) is 4.49. The zero-order valence-electron chi connectivity index (χ0n) is 12.4. The number of nitrogens with one attached hydrogen (secondary N) is 1. The Morgan fingerprint density at radius 1 is 1.35 bits per heavy atom. The van der Waals surface area contributed by atoms with Crippen LogP contribution < -0.4 is 11.1 Å². The molecule has 0 heterocycles. The fraction of sp³-hybridized carbons (Fsp3) is 0.857. The van der Waals surface area contributed by atoms with E-state index in [1.807, 2.05) is 13.8 Å². The lowest BCUT2D eigenvalue weighted by atomic mass is 9.80. The number of carboxylic acid groups (broad SMARTS) is 1. The molecule has 0 aromatic carbocycles. The second-order valence-electron chi connectivity index (χ2n) is 5.72. The first-order valence-electron chi connectivity index (χ1n) is 7.26. The fourth-order valence-electron chi connectivity index (χ4n) is 3.40. The highest BCUT2D eigenvalue weighted by atomic mass is 16.4. The molecule has 6 nitrogen and oxygen atoms in total. The summed E-state index contributed by atoms with van der Waals surface area (Å²) in [5.74, 6) is -2.29. The lowest BCUT2D eigenvalue weighted by Crippen LogP contribution is -2.52. The maximum Gasteiger partial charge on any atom is 0.309 e. The van der Waals surface area contributed by atoms with Crippen LogP contribution in [-0.2, 0) is 9.59 Å². The average molecular weight is 286 g/mol. The molecule has 1 rings (SSSR count). The second kappa shape index (κ2) is 7.04. The van der Waals surface area contributed by atoms with Crippen molar-refractivity contribution in [2.24, 2.45) is 23.5 Å². The van der Waals surface area contributed by atoms with E-state index in [4.69, 9.17) is 10.8 Å². The number of carbonyl (C=O) groups excluding carboxylic acids is 1. The largest absolute Gasteiger partial charge is 0.481 e. The van der Waals surface area contributed by atoms with E-state index in [1.165, 1.54) is 6.92 Å². The maximum atomic E-state index is 11.4. The van der Waals surface area contributed by atoms with Gasteiger partial charge >= 0.3 is 5.97 Å². The van der Waals surface area contributed by atoms with E-state index in [0.717, 1.165) is 12.8 Å². The van der Waals surface area contributed by atoms with E-state index >= 15 is 0 Å². The van der Waals surface area contributed by atoms with Crippen molar-refractivity contribution in [3.8, 4) is 0 Å². The molecule has 0 aromatic heterocycles. The molecule has 1 fully saturated rings. The van der Waals surface area contributed by atoms with Crippen molar-refractivity contribution in [2.45, 2.75) is 58.2 Å². The van der Waals surface area contributed by atoms with Gasteiger partial charge in [0.15, 0.2) is 0 Å². The van der Waals surface area contributed by atoms with Crippen molar-refractivity contribution in [3.63, 3.8) is 0 Å². The Hall–Kier alpha value is -1.14. The predicted octanol–water partition coefficient (Wildman–Crippen LogP) is 0.336. The molecule has 6 heteroatoms. The van der Waals surface area contributed by atoms with E-state index < -0.39 is 30.0 Å². The zero-order valence-corrected chi connectivity index (χ0v) is 12.4. The maximum absolute atomic E-state index is 11.4. The summed E-state index contributed by atoms with van der Waals surface area (Å²) in [6, 6.07) is -0.694. The van der Waals surface area contributed by atoms with Gasteiger partial charge in [-0.1, -0.05) is 26.7 Å². The van der Waals surface area contributed by atoms with Crippen LogP contribution in [0.3, 0.4) is 0 Å². The quantitative estimate of drug-likeness (QED) is 0.562. The summed E-state index contributed by atoms with van der Waals surface area (Å²) in [5.41, 5.74) is 6.05. The summed E-state index contributed by atoms with van der Waals surface area (Å²) in [4.78, 5) is 22.6. The van der Waals surface area contributed by atoms with Gasteiger partial charge in [-0.15, -0.1) is 0 Å². The molecule has 116 valence electrons. The van der Waals surface area contributed by atoms with E-state index in [9.17, 15) is 14.7 Å². The summed E-state index contributed by atoms with van der Waals surface area (Å²) in [6.07, 6.45) is 0.918. The van der Waals surface area contributed by atoms with Crippen LogP contribution in [0.1, 0.15) is 40.0 Å². The zero-order chi connectivity index (χ0) is 15.4. The number of carbonyl (C=O) groups is 2. The molecule has 0 radical (unpaired) electrons. The number of aliphatic carboxylic acids is 1. The molecule has 0 aliphatic heterocycles. The summed E-state index contributed by atoms with van der Waals surface area (Å²) >= 11 is 0. The number of nitrogens with two attached hydrogens (primary N) is 1. The predicted molar refractivity (Wildman–Crippen MR) is 74.9 cm³/mol. The van der Waals surface area contributed by atoms with Gasteiger partial charge in [-0.3, -0.25) is 9.59 Å². The third kappa shape index (κ3) is 3.49. The van der Waals surface area contributed by atoms with Crippen LogP contribution in [0, 0.1) is 17.8 Å². The normalized spacial score (nSPS) is 31.3. The highest BCUT2D eigenvalue weighted by Gasteiger charge is 2.49. The van der Waals surface area contributed by atoms with Crippen LogP contribution in [0.2, 0.25) is 0 Å². The fourth-order valence-corrected chi connectivity index (χ4v) is 3.40. The first-order valence-corrected chi connectivity index (χ1v) is 7.26. The van der Waals surface area contributed by atoms with Gasteiger partial charge in [0, 0.05) is 24.9 Å². The van der Waals surface area contributed by atoms with Gasteiger partial charge in [-0.05, 0) is 12.3 Å². The van der Waals surface area contributed by atoms with Crippen LogP contribution in [0.25, 0.3) is 0 Å². The minimum absolute atomic E-state index is 0.178. The van der Waals surface area contributed by atoms with E-state index in [1.54, 1.807) is 0 Å². The Balaban J connectivity index is 3.00. The summed E-state index contributed by atoms with van der Waals surface area (Å²) in [6.45, 7) is 5.46. The van der Waals surface area contributed by atoms with E-state index in [-0.39, 0.29) is 24.3 Å². The molecule has 1 aliphatic rings. The monoisotopic (exact) mass is 286 g/mol. The lowest BCUT2D eigenvalue weighted by molar-refractivity contribution is -0.145. The van der Waals surface area contributed by atoms with Crippen LogP contribution in [0.15, 0.2) is 0 Å². The van der Waals surface area contributed by atoms with Crippen LogP contribution in [-0.4, -0.2) is 40.3 Å². The van der Waals surface area contributed by atoms with Gasteiger partial charge in [-0.2, -0.15) is 0 Å². The Labute approximate surface area is 119 Å². The van der Waals surface area contributed by atoms with Crippen molar-refractivity contribution in [3.05, 3.63) is 0 Å². The molecule has 1 amide bonds. The minimum atomic E-state index is -1.03. The molecule has 5 N–H and O–H groups in total. The number of rotatable bonds is 6. The Bertz CT molecular complexity index is 357. The van der Waals surface area contributed by atoms with Crippen molar-refractivity contribution in [1.82, 2.24) is 5.32 Å². The van der Waals surface area contributed by atoms with Gasteiger partial charge in [0.25, 0.3) is 0 Å². The molecule has 0 bridgehead atoms. The number of carboxylic acids is 1. The van der Waals surface area contributed by atoms with E-state index in [0.29, 0.717) is 0 Å². The van der Waals surface area contributed by atoms with Crippen molar-refractivity contribution >= 4 is 11.9 Å². The molecular formula is C14H26N2O4. The molecule has 1 saturated carbocycles. The second-order valence-corrected chi connectivity index (χ2v) is 5.72. The Morgan fingerprint density at radius 3 is 2.25 bits per heavy atom. The Morgan fingerprint density at radius 2 is 1.90 bits per heavy atom. The first-order chi connectivity index (χ1) is 9.33. The number of hydrogen-bond acceptors (Lipinski definition) is 4. The number of amides is 1. The Kier molecular flexibility index (Phi) is 5.95. The van der Waals surface area contributed by atoms with Crippen molar-refractivity contribution < 1.29 is 19.8 Å². The molecule has 20 heavy (non-hydrogen) atoms. The molecule has 0 unspecified atom stereocenters. The smallest absolute Gasteiger partial charge is 0.309 e. The number of aliphatic hydroxyl groups is 1. The number of hydrogen-bond donors (Lipinski definition) is 4. The van der Waals surface area contributed by atoms with E-state index in [2.05, 4.69) is 5.32 Å². The summed E-state index contributed by atoms with van der Waals surface area (Å²) in [5, 5.41) is 22.3. The van der Waals surface area contributed by atoms with Crippen LogP contribution in [0.4, 0.5) is 0 Å². The summed E-state index contributed by atoms with van der Waals surface area (Å²) in [7, 11) is 0. The minimum Gasteiger partial charge on any atom is -0.481 e. The molecule has 0 aromatic rings. The molecule has 0 saturated heterocycles. The van der Waals surface area contributed by atoms with Gasteiger partial charge in [0.1, 0.15) is 0 Å². The first kappa shape index (κ1) is 16.9. The standard InChI is InChI=1S/C14H26N2O4/c1-4-8(5-2)12(16-7(3)17)11-10(15)6-9(13(11)18)14(19)20/h8-13,18H,4-6,15H2,1-3H3,(H,16,17)(H,19,20)/t9-,10+,11+,12+,13+/m0/s1. The molecular weight excluding hydrogens is 260 g/mol. The van der Waals surface area contributed by atoms with Crippen molar-refractivity contribution in [2.75, 3.05) is 0 Å². The average Bonchev–Trinajstić information content (AvgIpc) is 2.65. The molecule has 0 spiro atoms. The SMILES string of the molecule is CCC(CC)[C@@H](NC(C)=O)[C@@H]1[C@H](O)[C@@H](C(=O)O)C[C@H]1N. The highest BCUT2D eigenvalue weighted by Crippen LogP contribution is 2.36. The van der Waals surface area contributed by atoms with Gasteiger partial charge in [-0.25, -0.2) is 0 Å². The summed E-state index contributed by atoms with van der Waals surface area (Å²) < 4.78 is 0. The van der Waals surface area contributed by atoms with Gasteiger partial charge in [0.2, 0.25) is 5.91 Å².